The summed E-state index contributed by atoms with van der Waals surface area (Å²) in [6.45, 7) is 4.61. The quantitative estimate of drug-likeness (QED) is 0.923. The van der Waals surface area contributed by atoms with E-state index in [0.29, 0.717) is 37.2 Å². The Hall–Kier alpha value is -1.40. The van der Waals surface area contributed by atoms with Crippen LogP contribution in [0.15, 0.2) is 24.3 Å². The summed E-state index contributed by atoms with van der Waals surface area (Å²) in [7, 11) is -3.61. The Bertz CT molecular complexity index is 596. The van der Waals surface area contributed by atoms with Crippen LogP contribution in [0.3, 0.4) is 0 Å². The molecule has 1 heterocycles. The molecule has 0 fully saturated rings. The van der Waals surface area contributed by atoms with Crippen LogP contribution in [0.2, 0.25) is 0 Å². The van der Waals surface area contributed by atoms with Crippen LogP contribution in [0.4, 0.5) is 5.69 Å². The van der Waals surface area contributed by atoms with Gasteiger partial charge in [0.2, 0.25) is 0 Å². The van der Waals surface area contributed by atoms with Crippen LogP contribution in [0.25, 0.3) is 0 Å². The SMILES string of the molecule is CC(C)CNS(=O)(=O)N1CCCC(=O)c2ccccc21. The van der Waals surface area contributed by atoms with Gasteiger partial charge in [-0.25, -0.2) is 0 Å². The van der Waals surface area contributed by atoms with Crippen LogP contribution in [0.1, 0.15) is 37.0 Å². The summed E-state index contributed by atoms with van der Waals surface area (Å²) in [5, 5.41) is 0. The predicted octanol–water partition coefficient (Wildman–Crippen LogP) is 1.96. The minimum Gasteiger partial charge on any atom is -0.294 e. The molecule has 1 aliphatic heterocycles. The molecule has 0 amide bonds. The van der Waals surface area contributed by atoms with Gasteiger partial charge < -0.3 is 0 Å². The predicted molar refractivity (Wildman–Crippen MR) is 79.1 cm³/mol. The van der Waals surface area contributed by atoms with Gasteiger partial charge in [0, 0.05) is 25.1 Å². The van der Waals surface area contributed by atoms with Gasteiger partial charge in [-0.3, -0.25) is 9.10 Å². The molecule has 2 rings (SSSR count). The van der Waals surface area contributed by atoms with Gasteiger partial charge in [-0.2, -0.15) is 13.1 Å². The van der Waals surface area contributed by atoms with Crippen LogP contribution in [0.5, 0.6) is 0 Å². The van der Waals surface area contributed by atoms with Crippen molar-refractivity contribution < 1.29 is 13.2 Å². The van der Waals surface area contributed by atoms with Gasteiger partial charge in [-0.15, -0.1) is 0 Å². The number of hydrogen-bond acceptors (Lipinski definition) is 3. The number of rotatable bonds is 4. The monoisotopic (exact) mass is 296 g/mol. The highest BCUT2D eigenvalue weighted by Crippen LogP contribution is 2.27. The van der Waals surface area contributed by atoms with Crippen molar-refractivity contribution in [2.45, 2.75) is 26.7 Å². The van der Waals surface area contributed by atoms with Crippen molar-refractivity contribution in [3.8, 4) is 0 Å². The number of benzene rings is 1. The topological polar surface area (TPSA) is 66.5 Å². The number of Topliss-reactive ketones (excluding diaryl/α,β-unsaturated/α-hetero) is 1. The number of fused-ring (bicyclic) bond motifs is 1. The molecule has 0 aromatic heterocycles. The van der Waals surface area contributed by atoms with E-state index in [9.17, 15) is 13.2 Å². The van der Waals surface area contributed by atoms with Crippen molar-refractivity contribution in [3.63, 3.8) is 0 Å². The first kappa shape index (κ1) is 15.0. The average molecular weight is 296 g/mol. The van der Waals surface area contributed by atoms with Crippen LogP contribution in [-0.2, 0) is 10.2 Å². The minimum absolute atomic E-state index is 0.00200. The van der Waals surface area contributed by atoms with Gasteiger partial charge >= 0.3 is 10.2 Å². The molecule has 6 heteroatoms. The molecule has 1 aliphatic rings. The summed E-state index contributed by atoms with van der Waals surface area (Å²) < 4.78 is 28.7. The largest absolute Gasteiger partial charge is 0.301 e. The smallest absolute Gasteiger partial charge is 0.294 e. The number of carbonyl (C=O) groups excluding carboxylic acids is 1. The Labute approximate surface area is 120 Å². The Morgan fingerprint density at radius 3 is 2.70 bits per heavy atom. The van der Waals surface area contributed by atoms with Gasteiger partial charge in [0.15, 0.2) is 5.78 Å². The van der Waals surface area contributed by atoms with E-state index in [2.05, 4.69) is 4.72 Å². The molecular weight excluding hydrogens is 276 g/mol. The summed E-state index contributed by atoms with van der Waals surface area (Å²) in [5.74, 6) is 0.232. The minimum atomic E-state index is -3.61. The molecule has 110 valence electrons. The molecule has 20 heavy (non-hydrogen) atoms. The summed E-state index contributed by atoms with van der Waals surface area (Å²) in [5.41, 5.74) is 0.964. The fraction of sp³-hybridized carbons (Fsp3) is 0.500. The fourth-order valence-corrected chi connectivity index (χ4v) is 3.65. The van der Waals surface area contributed by atoms with E-state index in [4.69, 9.17) is 0 Å². The number of para-hydroxylation sites is 1. The van der Waals surface area contributed by atoms with Crippen molar-refractivity contribution in [3.05, 3.63) is 29.8 Å². The van der Waals surface area contributed by atoms with Crippen molar-refractivity contribution in [2.75, 3.05) is 17.4 Å². The van der Waals surface area contributed by atoms with Crippen LogP contribution >= 0.6 is 0 Å². The third kappa shape index (κ3) is 3.19. The van der Waals surface area contributed by atoms with Crippen molar-refractivity contribution in [2.24, 2.45) is 5.92 Å². The lowest BCUT2D eigenvalue weighted by Crippen LogP contribution is -2.42. The van der Waals surface area contributed by atoms with Crippen molar-refractivity contribution in [1.29, 1.82) is 0 Å². The zero-order valence-corrected chi connectivity index (χ0v) is 12.6. The third-order valence-electron chi connectivity index (χ3n) is 3.20. The second kappa shape index (κ2) is 5.93. The first-order valence-electron chi connectivity index (χ1n) is 6.81. The van der Waals surface area contributed by atoms with E-state index in [0.717, 1.165) is 0 Å². The van der Waals surface area contributed by atoms with E-state index in [-0.39, 0.29) is 11.7 Å². The van der Waals surface area contributed by atoms with E-state index >= 15 is 0 Å². The summed E-state index contributed by atoms with van der Waals surface area (Å²) >= 11 is 0. The highest BCUT2D eigenvalue weighted by molar-refractivity contribution is 7.90. The summed E-state index contributed by atoms with van der Waals surface area (Å²) in [6.07, 6.45) is 0.920. The molecule has 0 saturated heterocycles. The summed E-state index contributed by atoms with van der Waals surface area (Å²) in [4.78, 5) is 12.0. The number of nitrogens with zero attached hydrogens (tertiary/aromatic N) is 1. The van der Waals surface area contributed by atoms with E-state index in [1.807, 2.05) is 13.8 Å². The van der Waals surface area contributed by atoms with Gasteiger partial charge in [0.05, 0.1) is 5.69 Å². The van der Waals surface area contributed by atoms with E-state index in [1.54, 1.807) is 24.3 Å². The maximum atomic E-state index is 12.4. The van der Waals surface area contributed by atoms with Gasteiger partial charge in [-0.05, 0) is 24.5 Å². The molecule has 0 atom stereocenters. The number of anilines is 1. The Morgan fingerprint density at radius 2 is 2.00 bits per heavy atom. The molecule has 1 aromatic carbocycles. The molecule has 1 aromatic rings. The molecule has 0 spiro atoms. The molecule has 5 nitrogen and oxygen atoms in total. The lowest BCUT2D eigenvalue weighted by atomic mass is 10.1. The fourth-order valence-electron chi connectivity index (χ4n) is 2.16. The number of ketones is 1. The molecule has 0 aliphatic carbocycles. The molecule has 0 unspecified atom stereocenters. The highest BCUT2D eigenvalue weighted by Gasteiger charge is 2.28. The Morgan fingerprint density at radius 1 is 1.30 bits per heavy atom. The number of hydrogen-bond donors (Lipinski definition) is 1. The number of nitrogens with one attached hydrogen (secondary N) is 1. The molecule has 0 bridgehead atoms. The zero-order valence-electron chi connectivity index (χ0n) is 11.8. The van der Waals surface area contributed by atoms with Gasteiger partial charge in [-0.1, -0.05) is 26.0 Å². The van der Waals surface area contributed by atoms with Crippen LogP contribution < -0.4 is 9.03 Å². The Kier molecular flexibility index (Phi) is 4.45. The summed E-state index contributed by atoms with van der Waals surface area (Å²) in [6, 6.07) is 6.89. The number of carbonyl (C=O) groups is 1. The van der Waals surface area contributed by atoms with E-state index in [1.165, 1.54) is 4.31 Å². The zero-order chi connectivity index (χ0) is 14.8. The third-order valence-corrected chi connectivity index (χ3v) is 4.69. The van der Waals surface area contributed by atoms with Crippen molar-refractivity contribution >= 4 is 21.7 Å². The lowest BCUT2D eigenvalue weighted by molar-refractivity contribution is 0.0984. The molecule has 1 N–H and O–H groups in total. The van der Waals surface area contributed by atoms with E-state index < -0.39 is 10.2 Å². The lowest BCUT2D eigenvalue weighted by Gasteiger charge is -2.24. The highest BCUT2D eigenvalue weighted by atomic mass is 32.2. The van der Waals surface area contributed by atoms with Crippen molar-refractivity contribution in [1.82, 2.24) is 4.72 Å². The normalized spacial score (nSPS) is 16.1. The Balaban J connectivity index is 2.36. The first-order chi connectivity index (χ1) is 9.42. The molecular formula is C14H20N2O3S. The van der Waals surface area contributed by atoms with Crippen LogP contribution in [0, 0.1) is 5.92 Å². The maximum Gasteiger partial charge on any atom is 0.301 e. The first-order valence-corrected chi connectivity index (χ1v) is 8.25. The second-order valence-corrected chi connectivity index (χ2v) is 7.04. The molecule has 0 radical (unpaired) electrons. The maximum absolute atomic E-state index is 12.4. The second-order valence-electron chi connectivity index (χ2n) is 5.36. The van der Waals surface area contributed by atoms with Crippen LogP contribution in [-0.4, -0.2) is 27.3 Å². The van der Waals surface area contributed by atoms with Gasteiger partial charge in [0.1, 0.15) is 0 Å². The standard InChI is InChI=1S/C14H20N2O3S/c1-11(2)10-15-20(18,19)16-9-5-8-14(17)12-6-3-4-7-13(12)16/h3-4,6-7,11,15H,5,8-10H2,1-2H3. The van der Waals surface area contributed by atoms with Gasteiger partial charge in [0.25, 0.3) is 0 Å². The molecule has 0 saturated carbocycles. The average Bonchev–Trinajstić information content (AvgIpc) is 2.57.